The summed E-state index contributed by atoms with van der Waals surface area (Å²) >= 11 is 0. The lowest BCUT2D eigenvalue weighted by molar-refractivity contribution is -0.143. The normalized spacial score (nSPS) is 19.0. The summed E-state index contributed by atoms with van der Waals surface area (Å²) in [5.41, 5.74) is 0. The van der Waals surface area contributed by atoms with Gasteiger partial charge in [-0.3, -0.25) is 4.79 Å². The number of ether oxygens (including phenoxy) is 1. The summed E-state index contributed by atoms with van der Waals surface area (Å²) in [4.78, 5) is 24.6. The molecule has 0 bridgehead atoms. The molecule has 1 aliphatic rings. The van der Waals surface area contributed by atoms with Gasteiger partial charge in [0.15, 0.2) is 0 Å². The molecular weight excluding hydrogens is 303 g/mol. The second-order valence-electron chi connectivity index (χ2n) is 5.69. The number of carbonyl (C=O) groups excluding carboxylic acids is 1. The Labute approximate surface area is 134 Å². The molecule has 6 nitrogen and oxygen atoms in total. The number of hydrogen-bond donors (Lipinski definition) is 2. The first-order chi connectivity index (χ1) is 11.0. The van der Waals surface area contributed by atoms with Gasteiger partial charge >= 0.3 is 12.0 Å². The molecule has 1 fully saturated rings. The Morgan fingerprint density at radius 1 is 1.43 bits per heavy atom. The van der Waals surface area contributed by atoms with Crippen LogP contribution in [0, 0.1) is 11.7 Å². The maximum atomic E-state index is 12.8. The van der Waals surface area contributed by atoms with E-state index in [1.54, 1.807) is 6.92 Å². The minimum atomic E-state index is -0.865. The second kappa shape index (κ2) is 7.80. The minimum absolute atomic E-state index is 0.231. The number of piperidine rings is 1. The third-order valence-corrected chi connectivity index (χ3v) is 3.75. The highest BCUT2D eigenvalue weighted by molar-refractivity contribution is 5.76. The fourth-order valence-corrected chi connectivity index (χ4v) is 2.49. The van der Waals surface area contributed by atoms with E-state index in [2.05, 4.69) is 5.32 Å². The van der Waals surface area contributed by atoms with Crippen LogP contribution in [0.2, 0.25) is 0 Å². The number of nitrogens with one attached hydrogen (secondary N) is 1. The van der Waals surface area contributed by atoms with Gasteiger partial charge in [-0.15, -0.1) is 0 Å². The van der Waals surface area contributed by atoms with Crippen molar-refractivity contribution in [2.24, 2.45) is 5.92 Å². The van der Waals surface area contributed by atoms with E-state index in [9.17, 15) is 14.0 Å². The van der Waals surface area contributed by atoms with Crippen LogP contribution in [0.1, 0.15) is 19.8 Å². The highest BCUT2D eigenvalue weighted by Crippen LogP contribution is 2.17. The topological polar surface area (TPSA) is 78.9 Å². The van der Waals surface area contributed by atoms with Gasteiger partial charge in [0.2, 0.25) is 0 Å². The second-order valence-corrected chi connectivity index (χ2v) is 5.69. The van der Waals surface area contributed by atoms with Crippen molar-refractivity contribution >= 4 is 12.0 Å². The molecule has 0 radical (unpaired) electrons. The van der Waals surface area contributed by atoms with Crippen LogP contribution in [-0.4, -0.2) is 47.7 Å². The predicted octanol–water partition coefficient (Wildman–Crippen LogP) is 2.10. The number of benzene rings is 1. The first kappa shape index (κ1) is 17.1. The fourth-order valence-electron chi connectivity index (χ4n) is 2.49. The van der Waals surface area contributed by atoms with E-state index in [-0.39, 0.29) is 31.0 Å². The van der Waals surface area contributed by atoms with Gasteiger partial charge in [-0.05, 0) is 44.0 Å². The van der Waals surface area contributed by atoms with E-state index in [0.29, 0.717) is 25.1 Å². The smallest absolute Gasteiger partial charge is 0.317 e. The number of hydrogen-bond acceptors (Lipinski definition) is 3. The van der Waals surface area contributed by atoms with Gasteiger partial charge in [-0.1, -0.05) is 0 Å². The molecule has 2 rings (SSSR count). The summed E-state index contributed by atoms with van der Waals surface area (Å²) in [5, 5.41) is 11.8. The zero-order valence-corrected chi connectivity index (χ0v) is 13.0. The molecule has 2 N–H and O–H groups in total. The number of carboxylic acid groups (broad SMARTS) is 1. The standard InChI is InChI=1S/C16H21FN2O4/c1-11(23-14-6-4-13(17)5-7-14)9-18-16(22)19-8-2-3-12(10-19)15(20)21/h4-7,11-12H,2-3,8-10H2,1H3,(H,18,22)(H,20,21). The molecule has 1 heterocycles. The first-order valence-corrected chi connectivity index (χ1v) is 7.63. The highest BCUT2D eigenvalue weighted by atomic mass is 19.1. The zero-order valence-electron chi connectivity index (χ0n) is 13.0. The molecule has 1 saturated heterocycles. The number of carboxylic acids is 1. The number of likely N-dealkylation sites (tertiary alicyclic amines) is 1. The highest BCUT2D eigenvalue weighted by Gasteiger charge is 2.28. The Hall–Kier alpha value is -2.31. The third-order valence-electron chi connectivity index (χ3n) is 3.75. The number of rotatable bonds is 5. The molecule has 7 heteroatoms. The van der Waals surface area contributed by atoms with Crippen LogP contribution in [0.5, 0.6) is 5.75 Å². The van der Waals surface area contributed by atoms with Gasteiger partial charge in [-0.2, -0.15) is 0 Å². The van der Waals surface area contributed by atoms with Crippen molar-refractivity contribution in [2.75, 3.05) is 19.6 Å². The number of halogens is 1. The predicted molar refractivity (Wildman–Crippen MR) is 81.8 cm³/mol. The lowest BCUT2D eigenvalue weighted by Gasteiger charge is -2.31. The molecule has 1 aliphatic heterocycles. The molecule has 126 valence electrons. The Morgan fingerprint density at radius 3 is 2.78 bits per heavy atom. The van der Waals surface area contributed by atoms with Crippen LogP contribution < -0.4 is 10.1 Å². The lowest BCUT2D eigenvalue weighted by Crippen LogP contribution is -2.48. The molecule has 23 heavy (non-hydrogen) atoms. The molecule has 0 spiro atoms. The van der Waals surface area contributed by atoms with Crippen LogP contribution in [0.15, 0.2) is 24.3 Å². The number of aliphatic carboxylic acids is 1. The summed E-state index contributed by atoms with van der Waals surface area (Å²) in [6.45, 7) is 2.86. The van der Waals surface area contributed by atoms with Crippen molar-refractivity contribution in [1.82, 2.24) is 10.2 Å². The third kappa shape index (κ3) is 5.12. The molecular formula is C16H21FN2O4. The van der Waals surface area contributed by atoms with Gasteiger partial charge in [0.05, 0.1) is 12.5 Å². The fraction of sp³-hybridized carbons (Fsp3) is 0.500. The Morgan fingerprint density at radius 2 is 2.13 bits per heavy atom. The Bertz CT molecular complexity index is 550. The van der Waals surface area contributed by atoms with Crippen molar-refractivity contribution in [3.63, 3.8) is 0 Å². The van der Waals surface area contributed by atoms with Crippen molar-refractivity contribution in [2.45, 2.75) is 25.9 Å². The maximum Gasteiger partial charge on any atom is 0.317 e. The van der Waals surface area contributed by atoms with E-state index in [0.717, 1.165) is 0 Å². The van der Waals surface area contributed by atoms with Gasteiger partial charge < -0.3 is 20.1 Å². The number of amides is 2. The van der Waals surface area contributed by atoms with E-state index in [1.807, 2.05) is 0 Å². The largest absolute Gasteiger partial charge is 0.489 e. The molecule has 2 amide bonds. The summed E-state index contributed by atoms with van der Waals surface area (Å²) < 4.78 is 18.4. The molecule has 0 aliphatic carbocycles. The van der Waals surface area contributed by atoms with E-state index in [4.69, 9.17) is 9.84 Å². The Kier molecular flexibility index (Phi) is 5.78. The molecule has 1 aromatic carbocycles. The van der Waals surface area contributed by atoms with Crippen molar-refractivity contribution in [3.05, 3.63) is 30.1 Å². The monoisotopic (exact) mass is 324 g/mol. The van der Waals surface area contributed by atoms with E-state index < -0.39 is 11.9 Å². The number of urea groups is 1. The SMILES string of the molecule is CC(CNC(=O)N1CCCC(C(=O)O)C1)Oc1ccc(F)cc1. The molecule has 1 aromatic rings. The molecule has 0 aromatic heterocycles. The zero-order chi connectivity index (χ0) is 16.8. The summed E-state index contributed by atoms with van der Waals surface area (Å²) in [6, 6.07) is 5.37. The molecule has 2 atom stereocenters. The van der Waals surface area contributed by atoms with Crippen LogP contribution in [0.25, 0.3) is 0 Å². The van der Waals surface area contributed by atoms with Crippen molar-refractivity contribution < 1.29 is 23.8 Å². The lowest BCUT2D eigenvalue weighted by atomic mass is 9.99. The average molecular weight is 324 g/mol. The number of carbonyl (C=O) groups is 2. The first-order valence-electron chi connectivity index (χ1n) is 7.63. The van der Waals surface area contributed by atoms with Crippen LogP contribution >= 0.6 is 0 Å². The molecule has 2 unspecified atom stereocenters. The van der Waals surface area contributed by atoms with Crippen molar-refractivity contribution in [1.29, 1.82) is 0 Å². The summed E-state index contributed by atoms with van der Waals surface area (Å²) in [7, 11) is 0. The number of nitrogens with zero attached hydrogens (tertiary/aromatic N) is 1. The van der Waals surface area contributed by atoms with Gasteiger partial charge in [0.25, 0.3) is 0 Å². The minimum Gasteiger partial charge on any atom is -0.489 e. The van der Waals surface area contributed by atoms with E-state index >= 15 is 0 Å². The van der Waals surface area contributed by atoms with Crippen LogP contribution in [-0.2, 0) is 4.79 Å². The van der Waals surface area contributed by atoms with Gasteiger partial charge in [0, 0.05) is 13.1 Å². The quantitative estimate of drug-likeness (QED) is 0.869. The van der Waals surface area contributed by atoms with Gasteiger partial charge in [-0.25, -0.2) is 9.18 Å². The molecule has 0 saturated carbocycles. The van der Waals surface area contributed by atoms with Crippen molar-refractivity contribution in [3.8, 4) is 5.75 Å². The van der Waals surface area contributed by atoms with Gasteiger partial charge in [0.1, 0.15) is 17.7 Å². The summed E-state index contributed by atoms with van der Waals surface area (Å²) in [5.74, 6) is -1.17. The average Bonchev–Trinajstić information content (AvgIpc) is 2.55. The maximum absolute atomic E-state index is 12.8. The van der Waals surface area contributed by atoms with E-state index in [1.165, 1.54) is 29.2 Å². The van der Waals surface area contributed by atoms with Crippen LogP contribution in [0.3, 0.4) is 0 Å². The van der Waals surface area contributed by atoms with Crippen LogP contribution in [0.4, 0.5) is 9.18 Å². The Balaban J connectivity index is 1.77. The summed E-state index contributed by atoms with van der Waals surface area (Å²) in [6.07, 6.45) is 0.999.